The number of rotatable bonds is 6. The molecule has 0 spiro atoms. The summed E-state index contributed by atoms with van der Waals surface area (Å²) in [6.07, 6.45) is 7.52. The summed E-state index contributed by atoms with van der Waals surface area (Å²) in [5.41, 5.74) is 0. The Morgan fingerprint density at radius 3 is 2.25 bits per heavy atom. The van der Waals surface area contributed by atoms with Crippen LogP contribution in [0.5, 0.6) is 0 Å². The van der Waals surface area contributed by atoms with Crippen LogP contribution >= 0.6 is 0 Å². The van der Waals surface area contributed by atoms with Gasteiger partial charge in [0.1, 0.15) is 0 Å². The molecular formula is C19H38N4O. The van der Waals surface area contributed by atoms with Crippen LogP contribution in [0.3, 0.4) is 0 Å². The third-order valence-corrected chi connectivity index (χ3v) is 5.78. The fourth-order valence-corrected chi connectivity index (χ4v) is 3.99. The summed E-state index contributed by atoms with van der Waals surface area (Å²) in [7, 11) is 1.97. The molecule has 2 rings (SSSR count). The number of piperazine rings is 1. The van der Waals surface area contributed by atoms with Crippen LogP contribution in [-0.4, -0.2) is 79.6 Å². The summed E-state index contributed by atoms with van der Waals surface area (Å²) in [4.78, 5) is 19.4. The SMILES string of the molecule is CCN1CCN(C[C@@H](C)CNC(=O)N(C)C2CCCCCC2)CC1. The summed E-state index contributed by atoms with van der Waals surface area (Å²) < 4.78 is 0. The number of amides is 2. The number of hydrogen-bond donors (Lipinski definition) is 1. The minimum atomic E-state index is 0.115. The van der Waals surface area contributed by atoms with Crippen molar-refractivity contribution >= 4 is 6.03 Å². The molecule has 2 amide bonds. The molecule has 0 aromatic heterocycles. The molecule has 5 heteroatoms. The maximum absolute atomic E-state index is 12.4. The van der Waals surface area contributed by atoms with Gasteiger partial charge in [0.2, 0.25) is 0 Å². The lowest BCUT2D eigenvalue weighted by molar-refractivity contribution is 0.123. The van der Waals surface area contributed by atoms with Gasteiger partial charge in [-0.3, -0.25) is 0 Å². The topological polar surface area (TPSA) is 38.8 Å². The van der Waals surface area contributed by atoms with Crippen molar-refractivity contribution in [2.24, 2.45) is 5.92 Å². The molecule has 1 N–H and O–H groups in total. The van der Waals surface area contributed by atoms with E-state index < -0.39 is 0 Å². The Bertz CT molecular complexity index is 360. The highest BCUT2D eigenvalue weighted by atomic mass is 16.2. The molecule has 0 radical (unpaired) electrons. The van der Waals surface area contributed by atoms with Gasteiger partial charge in [-0.1, -0.05) is 39.5 Å². The standard InChI is InChI=1S/C19H38N4O/c1-4-22-11-13-23(14-12-22)16-17(2)15-20-19(24)21(3)18-9-7-5-6-8-10-18/h17-18H,4-16H2,1-3H3,(H,20,24)/t17-/m0/s1. The van der Waals surface area contributed by atoms with Crippen molar-refractivity contribution in [3.05, 3.63) is 0 Å². The molecule has 0 aromatic rings. The van der Waals surface area contributed by atoms with Crippen molar-refractivity contribution in [2.45, 2.75) is 58.4 Å². The molecule has 1 heterocycles. The van der Waals surface area contributed by atoms with Crippen molar-refractivity contribution in [1.82, 2.24) is 20.0 Å². The van der Waals surface area contributed by atoms with Crippen molar-refractivity contribution in [2.75, 3.05) is 52.9 Å². The minimum Gasteiger partial charge on any atom is -0.338 e. The van der Waals surface area contributed by atoms with Gasteiger partial charge in [-0.05, 0) is 25.3 Å². The Hall–Kier alpha value is -0.810. The van der Waals surface area contributed by atoms with E-state index in [4.69, 9.17) is 0 Å². The molecule has 5 nitrogen and oxygen atoms in total. The lowest BCUT2D eigenvalue weighted by atomic mass is 10.1. The first-order chi connectivity index (χ1) is 11.6. The Balaban J connectivity index is 1.65. The molecule has 1 saturated carbocycles. The van der Waals surface area contributed by atoms with Crippen LogP contribution in [0.4, 0.5) is 4.79 Å². The van der Waals surface area contributed by atoms with Gasteiger partial charge >= 0.3 is 6.03 Å². The van der Waals surface area contributed by atoms with Gasteiger partial charge in [0.25, 0.3) is 0 Å². The summed E-state index contributed by atoms with van der Waals surface area (Å²) in [5, 5.41) is 3.16. The lowest BCUT2D eigenvalue weighted by Crippen LogP contribution is -2.49. The zero-order valence-electron chi connectivity index (χ0n) is 16.1. The van der Waals surface area contributed by atoms with E-state index in [0.29, 0.717) is 12.0 Å². The Morgan fingerprint density at radius 2 is 1.67 bits per heavy atom. The first-order valence-corrected chi connectivity index (χ1v) is 10.1. The monoisotopic (exact) mass is 338 g/mol. The third-order valence-electron chi connectivity index (χ3n) is 5.78. The molecule has 1 aliphatic carbocycles. The minimum absolute atomic E-state index is 0.115. The highest BCUT2D eigenvalue weighted by Crippen LogP contribution is 2.21. The zero-order chi connectivity index (χ0) is 17.4. The van der Waals surface area contributed by atoms with Crippen molar-refractivity contribution < 1.29 is 4.79 Å². The van der Waals surface area contributed by atoms with Gasteiger partial charge in [0.15, 0.2) is 0 Å². The molecule has 140 valence electrons. The van der Waals surface area contributed by atoms with Gasteiger partial charge in [-0.2, -0.15) is 0 Å². The van der Waals surface area contributed by atoms with Crippen LogP contribution in [0.1, 0.15) is 52.4 Å². The van der Waals surface area contributed by atoms with Gasteiger partial charge in [-0.25, -0.2) is 4.79 Å². The fraction of sp³-hybridized carbons (Fsp3) is 0.947. The normalized spacial score (nSPS) is 22.8. The molecule has 2 fully saturated rings. The number of urea groups is 1. The van der Waals surface area contributed by atoms with E-state index in [-0.39, 0.29) is 6.03 Å². The first kappa shape index (κ1) is 19.5. The molecule has 1 atom stereocenters. The lowest BCUT2D eigenvalue weighted by Gasteiger charge is -2.35. The number of hydrogen-bond acceptors (Lipinski definition) is 3. The number of carbonyl (C=O) groups excluding carboxylic acids is 1. The van der Waals surface area contributed by atoms with Gasteiger partial charge in [-0.15, -0.1) is 0 Å². The summed E-state index contributed by atoms with van der Waals surface area (Å²) in [6, 6.07) is 0.550. The highest BCUT2D eigenvalue weighted by molar-refractivity contribution is 5.74. The second-order valence-electron chi connectivity index (χ2n) is 7.78. The number of carbonyl (C=O) groups is 1. The predicted molar refractivity (Wildman–Crippen MR) is 100 cm³/mol. The van der Waals surface area contributed by atoms with Crippen LogP contribution in [0.25, 0.3) is 0 Å². The average molecular weight is 339 g/mol. The summed E-state index contributed by atoms with van der Waals surface area (Å²) in [6.45, 7) is 12.2. The van der Waals surface area contributed by atoms with E-state index in [9.17, 15) is 4.79 Å². The summed E-state index contributed by atoms with van der Waals surface area (Å²) in [5.74, 6) is 0.504. The molecule has 2 aliphatic rings. The van der Waals surface area contributed by atoms with E-state index in [0.717, 1.165) is 32.7 Å². The molecule has 0 unspecified atom stereocenters. The molecule has 24 heavy (non-hydrogen) atoms. The van der Waals surface area contributed by atoms with Gasteiger partial charge in [0, 0.05) is 52.4 Å². The first-order valence-electron chi connectivity index (χ1n) is 10.1. The van der Waals surface area contributed by atoms with Crippen LogP contribution in [0.2, 0.25) is 0 Å². The number of nitrogens with one attached hydrogen (secondary N) is 1. The zero-order valence-corrected chi connectivity index (χ0v) is 16.1. The molecule has 0 aromatic carbocycles. The quantitative estimate of drug-likeness (QED) is 0.757. The summed E-state index contributed by atoms with van der Waals surface area (Å²) >= 11 is 0. The van der Waals surface area contributed by atoms with E-state index in [1.165, 1.54) is 51.6 Å². The van der Waals surface area contributed by atoms with Crippen LogP contribution < -0.4 is 5.32 Å². The Morgan fingerprint density at radius 1 is 1.08 bits per heavy atom. The Labute approximate surface area is 148 Å². The average Bonchev–Trinajstić information content (AvgIpc) is 2.89. The second-order valence-corrected chi connectivity index (χ2v) is 7.78. The van der Waals surface area contributed by atoms with Gasteiger partial charge < -0.3 is 20.0 Å². The van der Waals surface area contributed by atoms with Crippen LogP contribution in [0.15, 0.2) is 0 Å². The second kappa shape index (κ2) is 10.2. The van der Waals surface area contributed by atoms with Crippen LogP contribution in [-0.2, 0) is 0 Å². The maximum Gasteiger partial charge on any atom is 0.317 e. The number of likely N-dealkylation sites (N-methyl/N-ethyl adjacent to an activating group) is 1. The van der Waals surface area contributed by atoms with E-state index in [1.807, 2.05) is 11.9 Å². The number of nitrogens with zero attached hydrogens (tertiary/aromatic N) is 3. The molecular weight excluding hydrogens is 300 g/mol. The Kier molecular flexibility index (Phi) is 8.33. The predicted octanol–water partition coefficient (Wildman–Crippen LogP) is 2.62. The highest BCUT2D eigenvalue weighted by Gasteiger charge is 2.22. The van der Waals surface area contributed by atoms with Crippen LogP contribution in [0, 0.1) is 5.92 Å². The molecule has 0 bridgehead atoms. The van der Waals surface area contributed by atoms with Crippen molar-refractivity contribution in [3.8, 4) is 0 Å². The smallest absolute Gasteiger partial charge is 0.317 e. The molecule has 1 aliphatic heterocycles. The van der Waals surface area contributed by atoms with Gasteiger partial charge in [0.05, 0.1) is 0 Å². The fourth-order valence-electron chi connectivity index (χ4n) is 3.99. The van der Waals surface area contributed by atoms with E-state index in [1.54, 1.807) is 0 Å². The van der Waals surface area contributed by atoms with Crippen molar-refractivity contribution in [1.29, 1.82) is 0 Å². The van der Waals surface area contributed by atoms with Crippen molar-refractivity contribution in [3.63, 3.8) is 0 Å². The van der Waals surface area contributed by atoms with E-state index in [2.05, 4.69) is 29.0 Å². The maximum atomic E-state index is 12.4. The largest absolute Gasteiger partial charge is 0.338 e. The van der Waals surface area contributed by atoms with E-state index >= 15 is 0 Å². The third kappa shape index (κ3) is 6.25. The molecule has 1 saturated heterocycles.